The van der Waals surface area contributed by atoms with Crippen LogP contribution in [-0.4, -0.2) is 39.1 Å². The Morgan fingerprint density at radius 2 is 1.54 bits per heavy atom. The van der Waals surface area contributed by atoms with E-state index in [1.807, 2.05) is 24.3 Å². The number of methoxy groups -OCH3 is 2. The second kappa shape index (κ2) is 6.37. The molecule has 0 spiro atoms. The number of hydrogen-bond donors (Lipinski definition) is 0. The van der Waals surface area contributed by atoms with Gasteiger partial charge in [0.05, 0.1) is 29.7 Å². The lowest BCUT2D eigenvalue weighted by atomic mass is 10.1. The van der Waals surface area contributed by atoms with Crippen molar-refractivity contribution in [3.8, 4) is 0 Å². The van der Waals surface area contributed by atoms with Crippen molar-refractivity contribution < 1.29 is 23.9 Å². The van der Waals surface area contributed by atoms with Crippen LogP contribution in [0.15, 0.2) is 38.3 Å². The monoisotopic (exact) mass is 363 g/mol. The lowest BCUT2D eigenvalue weighted by molar-refractivity contribution is -0.138. The molecule has 0 aliphatic carbocycles. The number of thioether (sulfide) groups is 2. The summed E-state index contributed by atoms with van der Waals surface area (Å²) < 4.78 is 10.0. The Balaban J connectivity index is 2.10. The van der Waals surface area contributed by atoms with Crippen LogP contribution in [0.25, 0.3) is 5.57 Å². The van der Waals surface area contributed by atoms with Gasteiger partial charge in [0.25, 0.3) is 5.91 Å². The molecule has 1 amide bonds. The number of likely N-dealkylation sites (N-methyl/N-ethyl adjacent to an activating group) is 1. The standard InChI is InChI=1S/C16H13NO5S2/c1-17-9-7-5-4-6-8(9)10(13(17)18)16-23-11(14(19)21-2)12(24-16)15(20)22-3/h4-7H,1-3H3. The predicted octanol–water partition coefficient (Wildman–Crippen LogP) is 2.37. The molecule has 6 nitrogen and oxygen atoms in total. The lowest BCUT2D eigenvalue weighted by Crippen LogP contribution is -2.20. The van der Waals surface area contributed by atoms with Crippen molar-refractivity contribution in [2.75, 3.05) is 26.2 Å². The minimum atomic E-state index is -0.629. The smallest absolute Gasteiger partial charge is 0.346 e. The summed E-state index contributed by atoms with van der Waals surface area (Å²) in [6.07, 6.45) is 0. The SMILES string of the molecule is COC(=O)C1=C(C(=O)OC)SC(=C2C(=O)N(C)c3ccccc32)S1. The topological polar surface area (TPSA) is 72.9 Å². The molecule has 0 saturated carbocycles. The maximum absolute atomic E-state index is 12.6. The van der Waals surface area contributed by atoms with E-state index in [2.05, 4.69) is 0 Å². The number of para-hydroxylation sites is 1. The Morgan fingerprint density at radius 1 is 1.00 bits per heavy atom. The van der Waals surface area contributed by atoms with Crippen molar-refractivity contribution in [1.29, 1.82) is 0 Å². The Morgan fingerprint density at radius 3 is 2.08 bits per heavy atom. The fourth-order valence-corrected chi connectivity index (χ4v) is 4.99. The summed E-state index contributed by atoms with van der Waals surface area (Å²) in [5.74, 6) is -1.44. The fraction of sp³-hybridized carbons (Fsp3) is 0.188. The quantitative estimate of drug-likeness (QED) is 0.590. The van der Waals surface area contributed by atoms with Crippen molar-refractivity contribution in [3.63, 3.8) is 0 Å². The summed E-state index contributed by atoms with van der Waals surface area (Å²) in [5.41, 5.74) is 2.04. The van der Waals surface area contributed by atoms with Gasteiger partial charge in [-0.25, -0.2) is 9.59 Å². The number of nitrogens with zero attached hydrogens (tertiary/aromatic N) is 1. The Bertz CT molecular complexity index is 798. The molecule has 8 heteroatoms. The number of esters is 2. The van der Waals surface area contributed by atoms with E-state index in [0.717, 1.165) is 34.8 Å². The van der Waals surface area contributed by atoms with Gasteiger partial charge in [0.15, 0.2) is 0 Å². The third-order valence-corrected chi connectivity index (χ3v) is 6.15. The largest absolute Gasteiger partial charge is 0.465 e. The molecule has 1 aromatic rings. The molecule has 1 aromatic carbocycles. The third-order valence-electron chi connectivity index (χ3n) is 3.59. The number of fused-ring (bicyclic) bond motifs is 1. The molecule has 2 heterocycles. The van der Waals surface area contributed by atoms with Crippen LogP contribution in [0.4, 0.5) is 5.69 Å². The molecule has 0 saturated heterocycles. The molecule has 0 radical (unpaired) electrons. The van der Waals surface area contributed by atoms with Crippen molar-refractivity contribution in [1.82, 2.24) is 0 Å². The molecular formula is C16H13NO5S2. The molecule has 0 fully saturated rings. The van der Waals surface area contributed by atoms with Gasteiger partial charge in [-0.05, 0) is 6.07 Å². The zero-order valence-electron chi connectivity index (χ0n) is 13.1. The van der Waals surface area contributed by atoms with Gasteiger partial charge in [-0.3, -0.25) is 4.79 Å². The van der Waals surface area contributed by atoms with Crippen molar-refractivity contribution in [3.05, 3.63) is 43.9 Å². The van der Waals surface area contributed by atoms with Crippen molar-refractivity contribution >= 4 is 52.6 Å². The van der Waals surface area contributed by atoms with E-state index >= 15 is 0 Å². The van der Waals surface area contributed by atoms with Crippen LogP contribution >= 0.6 is 23.5 Å². The van der Waals surface area contributed by atoms with Crippen LogP contribution < -0.4 is 4.90 Å². The summed E-state index contributed by atoms with van der Waals surface area (Å²) in [6.45, 7) is 0. The molecule has 0 atom stereocenters. The molecule has 24 heavy (non-hydrogen) atoms. The number of amides is 1. The minimum Gasteiger partial charge on any atom is -0.465 e. The molecule has 0 N–H and O–H groups in total. The van der Waals surface area contributed by atoms with Crippen LogP contribution in [-0.2, 0) is 23.9 Å². The van der Waals surface area contributed by atoms with Crippen LogP contribution in [0.2, 0.25) is 0 Å². The molecule has 0 unspecified atom stereocenters. The van der Waals surface area contributed by atoms with Crippen LogP contribution in [0.3, 0.4) is 0 Å². The highest BCUT2D eigenvalue weighted by Crippen LogP contribution is 2.55. The zero-order chi connectivity index (χ0) is 17.4. The van der Waals surface area contributed by atoms with Gasteiger partial charge in [0, 0.05) is 12.6 Å². The Hall–Kier alpha value is -2.19. The molecule has 3 rings (SSSR count). The first-order chi connectivity index (χ1) is 11.5. The van der Waals surface area contributed by atoms with Gasteiger partial charge in [0.1, 0.15) is 9.81 Å². The Kier molecular flexibility index (Phi) is 4.42. The molecule has 0 bridgehead atoms. The number of benzene rings is 1. The second-order valence-electron chi connectivity index (χ2n) is 4.89. The summed E-state index contributed by atoms with van der Waals surface area (Å²) in [6, 6.07) is 7.38. The summed E-state index contributed by atoms with van der Waals surface area (Å²) >= 11 is 2.12. The third kappa shape index (κ3) is 2.51. The normalized spacial score (nSPS) is 16.6. The first kappa shape index (κ1) is 16.7. The van der Waals surface area contributed by atoms with Crippen LogP contribution in [0, 0.1) is 0 Å². The molecule has 0 aromatic heterocycles. The van der Waals surface area contributed by atoms with Crippen LogP contribution in [0.1, 0.15) is 5.56 Å². The number of carbonyl (C=O) groups is 3. The Labute approximate surface area is 146 Å². The summed E-state index contributed by atoms with van der Waals surface area (Å²) in [5, 5.41) is 0. The lowest BCUT2D eigenvalue weighted by Gasteiger charge is -2.08. The van der Waals surface area contributed by atoms with Crippen molar-refractivity contribution in [2.45, 2.75) is 0 Å². The number of hydrogen-bond acceptors (Lipinski definition) is 7. The second-order valence-corrected chi connectivity index (χ2v) is 7.19. The highest BCUT2D eigenvalue weighted by atomic mass is 32.2. The van der Waals surface area contributed by atoms with Gasteiger partial charge >= 0.3 is 11.9 Å². The van der Waals surface area contributed by atoms with E-state index in [-0.39, 0.29) is 15.7 Å². The van der Waals surface area contributed by atoms with Gasteiger partial charge < -0.3 is 14.4 Å². The van der Waals surface area contributed by atoms with Gasteiger partial charge in [-0.1, -0.05) is 41.7 Å². The number of carbonyl (C=O) groups excluding carboxylic acids is 3. The van der Waals surface area contributed by atoms with E-state index < -0.39 is 11.9 Å². The summed E-state index contributed by atoms with van der Waals surface area (Å²) in [4.78, 5) is 38.4. The first-order valence-corrected chi connectivity index (χ1v) is 8.51. The van der Waals surface area contributed by atoms with Gasteiger partial charge in [-0.15, -0.1) is 0 Å². The van der Waals surface area contributed by atoms with E-state index in [9.17, 15) is 14.4 Å². The van der Waals surface area contributed by atoms with Gasteiger partial charge in [0.2, 0.25) is 0 Å². The predicted molar refractivity (Wildman–Crippen MR) is 93.0 cm³/mol. The first-order valence-electron chi connectivity index (χ1n) is 6.88. The van der Waals surface area contributed by atoms with Crippen LogP contribution in [0.5, 0.6) is 0 Å². The molecule has 2 aliphatic rings. The van der Waals surface area contributed by atoms with E-state index in [1.165, 1.54) is 14.2 Å². The number of anilines is 1. The van der Waals surface area contributed by atoms with E-state index in [4.69, 9.17) is 9.47 Å². The number of ether oxygens (including phenoxy) is 2. The maximum Gasteiger partial charge on any atom is 0.346 e. The minimum absolute atomic E-state index is 0.136. The number of rotatable bonds is 2. The van der Waals surface area contributed by atoms with Gasteiger partial charge in [-0.2, -0.15) is 0 Å². The molecule has 124 valence electrons. The highest BCUT2D eigenvalue weighted by Gasteiger charge is 2.39. The zero-order valence-corrected chi connectivity index (χ0v) is 14.7. The fourth-order valence-electron chi connectivity index (χ4n) is 2.42. The summed E-state index contributed by atoms with van der Waals surface area (Å²) in [7, 11) is 4.17. The highest BCUT2D eigenvalue weighted by molar-refractivity contribution is 8.29. The van der Waals surface area contributed by atoms with Crippen molar-refractivity contribution in [2.24, 2.45) is 0 Å². The molecule has 2 aliphatic heterocycles. The molecular weight excluding hydrogens is 350 g/mol. The maximum atomic E-state index is 12.6. The van der Waals surface area contributed by atoms with E-state index in [1.54, 1.807) is 11.9 Å². The average molecular weight is 363 g/mol. The van der Waals surface area contributed by atoms with E-state index in [0.29, 0.717) is 9.81 Å². The average Bonchev–Trinajstić information content (AvgIpc) is 3.14.